The highest BCUT2D eigenvalue weighted by Gasteiger charge is 2.08. The summed E-state index contributed by atoms with van der Waals surface area (Å²) < 4.78 is 10.1. The van der Waals surface area contributed by atoms with Crippen molar-refractivity contribution in [3.8, 4) is 5.75 Å². The molecule has 0 atom stereocenters. The van der Waals surface area contributed by atoms with E-state index >= 15 is 0 Å². The van der Waals surface area contributed by atoms with Gasteiger partial charge in [0.1, 0.15) is 5.75 Å². The number of anilines is 1. The van der Waals surface area contributed by atoms with E-state index in [1.807, 2.05) is 0 Å². The van der Waals surface area contributed by atoms with Crippen molar-refractivity contribution in [2.45, 2.75) is 6.42 Å². The number of hydrogen-bond donors (Lipinski definition) is 1. The van der Waals surface area contributed by atoms with Crippen LogP contribution in [0.3, 0.4) is 0 Å². The Morgan fingerprint density at radius 1 is 1.47 bits per heavy atom. The topological polar surface area (TPSA) is 61.5 Å². The van der Waals surface area contributed by atoms with Gasteiger partial charge >= 0.3 is 5.97 Å². The van der Waals surface area contributed by atoms with Crippen LogP contribution in [0.15, 0.2) is 18.2 Å². The fourth-order valence-electron chi connectivity index (χ4n) is 1.31. The molecule has 2 N–H and O–H groups in total. The molecule has 0 saturated heterocycles. The number of ether oxygens (including phenoxy) is 2. The quantitative estimate of drug-likeness (QED) is 0.479. The molecule has 1 aromatic carbocycles. The minimum Gasteiger partial charge on any atom is -0.491 e. The third-order valence-electron chi connectivity index (χ3n) is 2.18. The molecule has 0 amide bonds. The molecule has 1 aromatic rings. The summed E-state index contributed by atoms with van der Waals surface area (Å²) >= 11 is 1.78. The number of carbonyl (C=O) groups is 1. The predicted octanol–water partition coefficient (Wildman–Crippen LogP) is 2.19. The lowest BCUT2D eigenvalue weighted by Gasteiger charge is -2.09. The summed E-state index contributed by atoms with van der Waals surface area (Å²) in [5.74, 6) is 1.27. The van der Waals surface area contributed by atoms with E-state index in [1.165, 1.54) is 7.11 Å². The smallest absolute Gasteiger partial charge is 0.337 e. The van der Waals surface area contributed by atoms with Crippen molar-refractivity contribution in [3.63, 3.8) is 0 Å². The molecule has 0 bridgehead atoms. The van der Waals surface area contributed by atoms with Gasteiger partial charge in [0.05, 0.1) is 25.0 Å². The molecule has 0 radical (unpaired) electrons. The second-order valence-electron chi connectivity index (χ2n) is 3.44. The number of nitrogens with two attached hydrogens (primary N) is 1. The summed E-state index contributed by atoms with van der Waals surface area (Å²) in [6, 6.07) is 4.91. The van der Waals surface area contributed by atoms with Crippen LogP contribution in [-0.2, 0) is 4.74 Å². The lowest BCUT2D eigenvalue weighted by molar-refractivity contribution is 0.0601. The summed E-state index contributed by atoms with van der Waals surface area (Å²) in [6.07, 6.45) is 3.03. The Kier molecular flexibility index (Phi) is 5.69. The van der Waals surface area contributed by atoms with Crippen molar-refractivity contribution >= 4 is 23.4 Å². The molecule has 4 nitrogen and oxygen atoms in total. The molecular formula is C12H17NO3S. The highest BCUT2D eigenvalue weighted by molar-refractivity contribution is 7.98. The summed E-state index contributed by atoms with van der Waals surface area (Å²) in [7, 11) is 1.34. The Balaban J connectivity index is 2.60. The molecule has 0 spiro atoms. The molecule has 0 aliphatic rings. The van der Waals surface area contributed by atoms with Crippen LogP contribution in [0.4, 0.5) is 5.69 Å². The first-order valence-electron chi connectivity index (χ1n) is 5.28. The molecule has 94 valence electrons. The van der Waals surface area contributed by atoms with E-state index in [9.17, 15) is 4.79 Å². The van der Waals surface area contributed by atoms with Gasteiger partial charge in [0.2, 0.25) is 0 Å². The van der Waals surface area contributed by atoms with E-state index in [4.69, 9.17) is 10.5 Å². The molecule has 5 heteroatoms. The third-order valence-corrected chi connectivity index (χ3v) is 2.88. The van der Waals surface area contributed by atoms with Crippen molar-refractivity contribution in [2.75, 3.05) is 31.5 Å². The first-order chi connectivity index (χ1) is 8.19. The van der Waals surface area contributed by atoms with E-state index in [-0.39, 0.29) is 0 Å². The highest BCUT2D eigenvalue weighted by atomic mass is 32.2. The number of thioether (sulfide) groups is 1. The molecular weight excluding hydrogens is 238 g/mol. The number of methoxy groups -OCH3 is 1. The monoisotopic (exact) mass is 255 g/mol. The van der Waals surface area contributed by atoms with Crippen LogP contribution >= 0.6 is 11.8 Å². The Hall–Kier alpha value is -1.36. The van der Waals surface area contributed by atoms with Crippen molar-refractivity contribution < 1.29 is 14.3 Å². The van der Waals surface area contributed by atoms with Gasteiger partial charge in [0.15, 0.2) is 0 Å². The predicted molar refractivity (Wildman–Crippen MR) is 70.7 cm³/mol. The average molecular weight is 255 g/mol. The maximum Gasteiger partial charge on any atom is 0.337 e. The van der Waals surface area contributed by atoms with Crippen molar-refractivity contribution in [2.24, 2.45) is 0 Å². The van der Waals surface area contributed by atoms with Gasteiger partial charge in [0, 0.05) is 0 Å². The zero-order valence-corrected chi connectivity index (χ0v) is 10.9. The first kappa shape index (κ1) is 13.7. The zero-order chi connectivity index (χ0) is 12.7. The molecule has 0 aromatic heterocycles. The van der Waals surface area contributed by atoms with E-state index in [0.717, 1.165) is 12.2 Å². The summed E-state index contributed by atoms with van der Waals surface area (Å²) in [4.78, 5) is 11.3. The lowest BCUT2D eigenvalue weighted by atomic mass is 10.2. The molecule has 0 saturated carbocycles. The van der Waals surface area contributed by atoms with E-state index in [2.05, 4.69) is 11.0 Å². The molecule has 0 heterocycles. The number of hydrogen-bond acceptors (Lipinski definition) is 5. The largest absolute Gasteiger partial charge is 0.491 e. The second-order valence-corrected chi connectivity index (χ2v) is 4.42. The summed E-state index contributed by atoms with van der Waals surface area (Å²) in [6.45, 7) is 0.628. The fraction of sp³-hybridized carbons (Fsp3) is 0.417. The van der Waals surface area contributed by atoms with Crippen molar-refractivity contribution in [3.05, 3.63) is 23.8 Å². The molecule has 0 aliphatic heterocycles. The standard InChI is InChI=1S/C12H17NO3S/c1-15-12(14)9-4-5-11(10(13)8-9)16-6-3-7-17-2/h4-5,8H,3,6-7,13H2,1-2H3. The van der Waals surface area contributed by atoms with Gasteiger partial charge in [-0.3, -0.25) is 0 Å². The Labute approximate surface area is 105 Å². The van der Waals surface area contributed by atoms with Gasteiger partial charge in [0.25, 0.3) is 0 Å². The SMILES string of the molecule is COC(=O)c1ccc(OCCCSC)c(N)c1. The Bertz CT molecular complexity index is 382. The number of nitrogen functional groups attached to an aromatic ring is 1. The number of rotatable bonds is 6. The van der Waals surface area contributed by atoms with Gasteiger partial charge in [-0.2, -0.15) is 11.8 Å². The molecule has 1 rings (SSSR count). The van der Waals surface area contributed by atoms with Crippen LogP contribution < -0.4 is 10.5 Å². The fourth-order valence-corrected chi connectivity index (χ4v) is 1.72. The van der Waals surface area contributed by atoms with Crippen LogP contribution in [0.2, 0.25) is 0 Å². The minimum atomic E-state index is -0.398. The number of benzene rings is 1. The van der Waals surface area contributed by atoms with Crippen LogP contribution in [0.5, 0.6) is 5.75 Å². The van der Waals surface area contributed by atoms with Crippen LogP contribution in [-0.4, -0.2) is 31.7 Å². The summed E-state index contributed by atoms with van der Waals surface area (Å²) in [5.41, 5.74) is 6.68. The second kappa shape index (κ2) is 7.06. The Morgan fingerprint density at radius 3 is 2.82 bits per heavy atom. The Morgan fingerprint density at radius 2 is 2.24 bits per heavy atom. The van der Waals surface area contributed by atoms with Crippen molar-refractivity contribution in [1.82, 2.24) is 0 Å². The van der Waals surface area contributed by atoms with Gasteiger partial charge in [-0.25, -0.2) is 4.79 Å². The number of carbonyl (C=O) groups excluding carboxylic acids is 1. The van der Waals surface area contributed by atoms with E-state index < -0.39 is 5.97 Å². The van der Waals surface area contributed by atoms with Crippen LogP contribution in [0.1, 0.15) is 16.8 Å². The average Bonchev–Trinajstić information content (AvgIpc) is 2.35. The van der Waals surface area contributed by atoms with Gasteiger partial charge in [-0.15, -0.1) is 0 Å². The molecule has 0 aliphatic carbocycles. The third kappa shape index (κ3) is 4.19. The first-order valence-corrected chi connectivity index (χ1v) is 6.68. The summed E-state index contributed by atoms with van der Waals surface area (Å²) in [5, 5.41) is 0. The zero-order valence-electron chi connectivity index (χ0n) is 10.1. The van der Waals surface area contributed by atoms with Gasteiger partial charge < -0.3 is 15.2 Å². The van der Waals surface area contributed by atoms with Crippen molar-refractivity contribution in [1.29, 1.82) is 0 Å². The molecule has 0 unspecified atom stereocenters. The molecule has 0 fully saturated rings. The highest BCUT2D eigenvalue weighted by Crippen LogP contribution is 2.23. The van der Waals surface area contributed by atoms with Gasteiger partial charge in [-0.1, -0.05) is 0 Å². The van der Waals surface area contributed by atoms with Crippen LogP contribution in [0.25, 0.3) is 0 Å². The lowest BCUT2D eigenvalue weighted by Crippen LogP contribution is -2.05. The molecule has 17 heavy (non-hydrogen) atoms. The van der Waals surface area contributed by atoms with Gasteiger partial charge in [-0.05, 0) is 36.6 Å². The maximum atomic E-state index is 11.3. The number of esters is 1. The maximum absolute atomic E-state index is 11.3. The normalized spacial score (nSPS) is 10.0. The van der Waals surface area contributed by atoms with E-state index in [0.29, 0.717) is 23.6 Å². The van der Waals surface area contributed by atoms with E-state index in [1.54, 1.807) is 30.0 Å². The minimum absolute atomic E-state index is 0.398. The van der Waals surface area contributed by atoms with Crippen LogP contribution in [0, 0.1) is 0 Å².